The summed E-state index contributed by atoms with van der Waals surface area (Å²) in [6.07, 6.45) is 3.06. The molecule has 0 saturated carbocycles. The van der Waals surface area contributed by atoms with Crippen molar-refractivity contribution in [1.82, 2.24) is 9.66 Å². The Morgan fingerprint density at radius 3 is 2.72 bits per heavy atom. The average molecular weight is 664 g/mol. The highest BCUT2D eigenvalue weighted by Gasteiger charge is 2.14. The summed E-state index contributed by atoms with van der Waals surface area (Å²) in [4.78, 5) is 17.9. The molecule has 0 radical (unpaired) electrons. The smallest absolute Gasteiger partial charge is 0.282 e. The molecule has 6 nitrogen and oxygen atoms in total. The van der Waals surface area contributed by atoms with Gasteiger partial charge in [-0.05, 0) is 89.5 Å². The first-order valence-corrected chi connectivity index (χ1v) is 13.4. The van der Waals surface area contributed by atoms with Crippen LogP contribution < -0.4 is 15.0 Å². The van der Waals surface area contributed by atoms with Crippen LogP contribution in [0.15, 0.2) is 69.0 Å². The van der Waals surface area contributed by atoms with E-state index in [9.17, 15) is 9.18 Å². The minimum atomic E-state index is -0.310. The van der Waals surface area contributed by atoms with Crippen molar-refractivity contribution in [2.75, 3.05) is 6.61 Å². The zero-order valence-corrected chi connectivity index (χ0v) is 23.5. The number of aromatic nitrogens is 2. The molecule has 0 aliphatic rings. The second-order valence-corrected chi connectivity index (χ2v) is 10.1. The SMILES string of the molecule is CCCc1nc2ccc(Br)cc2c(=O)n1N=Cc1cc(I)c(OCc2cccc(F)c2)c(OCC)c1. The van der Waals surface area contributed by atoms with Gasteiger partial charge in [0, 0.05) is 10.9 Å². The molecule has 9 heteroatoms. The van der Waals surface area contributed by atoms with Crippen LogP contribution in [0, 0.1) is 9.39 Å². The summed E-state index contributed by atoms with van der Waals surface area (Å²) in [5.74, 6) is 1.41. The van der Waals surface area contributed by atoms with Gasteiger partial charge in [-0.15, -0.1) is 0 Å². The van der Waals surface area contributed by atoms with E-state index in [4.69, 9.17) is 9.47 Å². The number of nitrogens with zero attached hydrogens (tertiary/aromatic N) is 3. The lowest BCUT2D eigenvalue weighted by Crippen LogP contribution is -2.22. The van der Waals surface area contributed by atoms with Crippen LogP contribution in [0.3, 0.4) is 0 Å². The Morgan fingerprint density at radius 2 is 1.97 bits per heavy atom. The van der Waals surface area contributed by atoms with Gasteiger partial charge in [0.05, 0.1) is 27.3 Å². The van der Waals surface area contributed by atoms with Crippen LogP contribution in [0.2, 0.25) is 0 Å². The third kappa shape index (κ3) is 6.12. The van der Waals surface area contributed by atoms with Crippen LogP contribution in [0.1, 0.15) is 37.2 Å². The number of hydrogen-bond acceptors (Lipinski definition) is 5. The predicted octanol–water partition coefficient (Wildman–Crippen LogP) is 6.72. The first-order valence-electron chi connectivity index (χ1n) is 11.5. The maximum atomic E-state index is 13.5. The molecule has 0 aliphatic heterocycles. The van der Waals surface area contributed by atoms with E-state index in [1.807, 2.05) is 38.1 Å². The Bertz CT molecular complexity index is 1490. The minimum absolute atomic E-state index is 0.204. The molecule has 0 spiro atoms. The summed E-state index contributed by atoms with van der Waals surface area (Å²) < 4.78 is 28.3. The second-order valence-electron chi connectivity index (χ2n) is 7.98. The molecule has 0 bridgehead atoms. The highest BCUT2D eigenvalue weighted by Crippen LogP contribution is 2.34. The van der Waals surface area contributed by atoms with E-state index in [2.05, 4.69) is 48.6 Å². The fourth-order valence-corrected chi connectivity index (χ4v) is 4.81. The van der Waals surface area contributed by atoms with Gasteiger partial charge in [0.2, 0.25) is 0 Å². The molecule has 1 heterocycles. The third-order valence-electron chi connectivity index (χ3n) is 5.28. The molecule has 0 unspecified atom stereocenters. The van der Waals surface area contributed by atoms with Gasteiger partial charge in [-0.3, -0.25) is 4.79 Å². The molecule has 0 saturated heterocycles. The van der Waals surface area contributed by atoms with E-state index in [0.717, 1.165) is 25.6 Å². The van der Waals surface area contributed by atoms with Crippen molar-refractivity contribution < 1.29 is 13.9 Å². The summed E-state index contributed by atoms with van der Waals surface area (Å²) in [6, 6.07) is 15.4. The monoisotopic (exact) mass is 663 g/mol. The van der Waals surface area contributed by atoms with Gasteiger partial charge >= 0.3 is 0 Å². The topological polar surface area (TPSA) is 65.7 Å². The fraction of sp³-hybridized carbons (Fsp3) is 0.222. The second kappa shape index (κ2) is 12.0. The molecule has 36 heavy (non-hydrogen) atoms. The number of rotatable bonds is 9. The standard InChI is InChI=1S/C27H24BrFIN3O3/c1-3-6-25-32-23-10-9-19(28)14-21(23)27(34)33(25)31-15-18-12-22(30)26(24(13-18)35-4-2)36-16-17-7-5-8-20(29)11-17/h5,7-15H,3-4,6,16H2,1-2H3. The summed E-state index contributed by atoms with van der Waals surface area (Å²) in [7, 11) is 0. The molecule has 4 aromatic rings. The van der Waals surface area contributed by atoms with Crippen molar-refractivity contribution in [2.24, 2.45) is 5.10 Å². The van der Waals surface area contributed by atoms with Gasteiger partial charge in [-0.25, -0.2) is 9.37 Å². The molecule has 0 N–H and O–H groups in total. The van der Waals surface area contributed by atoms with Crippen LogP contribution >= 0.6 is 38.5 Å². The molecule has 0 fully saturated rings. The molecule has 4 rings (SSSR count). The lowest BCUT2D eigenvalue weighted by atomic mass is 10.2. The van der Waals surface area contributed by atoms with Gasteiger partial charge in [0.1, 0.15) is 18.2 Å². The highest BCUT2D eigenvalue weighted by atomic mass is 127. The van der Waals surface area contributed by atoms with Gasteiger partial charge in [-0.1, -0.05) is 35.0 Å². The van der Waals surface area contributed by atoms with Crippen molar-refractivity contribution >= 4 is 55.6 Å². The first-order chi connectivity index (χ1) is 17.4. The van der Waals surface area contributed by atoms with Gasteiger partial charge < -0.3 is 9.47 Å². The van der Waals surface area contributed by atoms with Crippen LogP contribution in [-0.2, 0) is 13.0 Å². The van der Waals surface area contributed by atoms with Crippen molar-refractivity contribution in [2.45, 2.75) is 33.3 Å². The average Bonchev–Trinajstić information content (AvgIpc) is 2.84. The Morgan fingerprint density at radius 1 is 1.14 bits per heavy atom. The maximum absolute atomic E-state index is 13.5. The summed E-state index contributed by atoms with van der Waals surface area (Å²) in [5, 5.41) is 5.00. The molecular formula is C27H24BrFIN3O3. The zero-order valence-electron chi connectivity index (χ0n) is 19.8. The van der Waals surface area contributed by atoms with E-state index in [-0.39, 0.29) is 18.0 Å². The van der Waals surface area contributed by atoms with Crippen molar-refractivity contribution in [3.05, 3.63) is 95.8 Å². The number of aryl methyl sites for hydroxylation is 1. The quantitative estimate of drug-likeness (QED) is 0.147. The fourth-order valence-electron chi connectivity index (χ4n) is 3.67. The molecule has 3 aromatic carbocycles. The van der Waals surface area contributed by atoms with E-state index in [1.165, 1.54) is 16.8 Å². The number of halogens is 3. The number of hydrogen-bond donors (Lipinski definition) is 0. The summed E-state index contributed by atoms with van der Waals surface area (Å²) in [5.41, 5.74) is 1.88. The van der Waals surface area contributed by atoms with Crippen molar-refractivity contribution in [3.63, 3.8) is 0 Å². The number of fused-ring (bicyclic) bond motifs is 1. The predicted molar refractivity (Wildman–Crippen MR) is 152 cm³/mol. The summed E-state index contributed by atoms with van der Waals surface area (Å²) in [6.45, 7) is 4.57. The number of ether oxygens (including phenoxy) is 2. The number of benzene rings is 3. The van der Waals surface area contributed by atoms with Crippen LogP contribution in [0.5, 0.6) is 11.5 Å². The Labute approximate surface area is 230 Å². The molecule has 1 aromatic heterocycles. The molecule has 0 amide bonds. The van der Waals surface area contributed by atoms with E-state index < -0.39 is 0 Å². The molecule has 0 aliphatic carbocycles. The van der Waals surface area contributed by atoms with Gasteiger partial charge in [0.15, 0.2) is 11.5 Å². The van der Waals surface area contributed by atoms with Gasteiger partial charge in [-0.2, -0.15) is 9.78 Å². The third-order valence-corrected chi connectivity index (χ3v) is 6.57. The molecular weight excluding hydrogens is 640 g/mol. The zero-order chi connectivity index (χ0) is 25.7. The Hall–Kier alpha value is -2.79. The lowest BCUT2D eigenvalue weighted by Gasteiger charge is -2.15. The molecule has 186 valence electrons. The molecule has 0 atom stereocenters. The summed E-state index contributed by atoms with van der Waals surface area (Å²) >= 11 is 5.60. The normalized spacial score (nSPS) is 11.4. The van der Waals surface area contributed by atoms with Crippen LogP contribution in [-0.4, -0.2) is 22.5 Å². The van der Waals surface area contributed by atoms with Gasteiger partial charge in [0.25, 0.3) is 5.56 Å². The first kappa shape index (κ1) is 26.3. The van der Waals surface area contributed by atoms with Crippen molar-refractivity contribution in [3.8, 4) is 11.5 Å². The largest absolute Gasteiger partial charge is 0.490 e. The van der Waals surface area contributed by atoms with Crippen LogP contribution in [0.4, 0.5) is 4.39 Å². The lowest BCUT2D eigenvalue weighted by molar-refractivity contribution is 0.267. The minimum Gasteiger partial charge on any atom is -0.490 e. The Kier molecular flexibility index (Phi) is 8.73. The van der Waals surface area contributed by atoms with Crippen LogP contribution in [0.25, 0.3) is 10.9 Å². The van der Waals surface area contributed by atoms with E-state index in [0.29, 0.717) is 41.3 Å². The van der Waals surface area contributed by atoms with E-state index >= 15 is 0 Å². The van der Waals surface area contributed by atoms with E-state index in [1.54, 1.807) is 24.4 Å². The Balaban J connectivity index is 1.69. The highest BCUT2D eigenvalue weighted by molar-refractivity contribution is 14.1. The van der Waals surface area contributed by atoms with Crippen molar-refractivity contribution in [1.29, 1.82) is 0 Å². The maximum Gasteiger partial charge on any atom is 0.282 e.